The van der Waals surface area contributed by atoms with Crippen molar-refractivity contribution in [3.8, 4) is 11.5 Å². The first-order valence-corrected chi connectivity index (χ1v) is 14.6. The van der Waals surface area contributed by atoms with Crippen LogP contribution in [0.25, 0.3) is 0 Å². The Morgan fingerprint density at radius 1 is 1.14 bits per heavy atom. The summed E-state index contributed by atoms with van der Waals surface area (Å²) < 4.78 is 53.6. The van der Waals surface area contributed by atoms with Crippen LogP contribution in [0.15, 0.2) is 64.9 Å². The molecule has 1 aromatic heterocycles. The molecular weight excluding hydrogens is 515 g/mol. The molecule has 1 aliphatic carbocycles. The van der Waals surface area contributed by atoms with Gasteiger partial charge in [0, 0.05) is 18.0 Å². The van der Waals surface area contributed by atoms with E-state index in [0.29, 0.717) is 25.3 Å². The molecule has 10 heteroatoms. The zero-order chi connectivity index (χ0) is 26.0. The van der Waals surface area contributed by atoms with Gasteiger partial charge < -0.3 is 14.4 Å². The van der Waals surface area contributed by atoms with Crippen LogP contribution in [0.1, 0.15) is 29.3 Å². The van der Waals surface area contributed by atoms with Gasteiger partial charge in [-0.15, -0.1) is 11.3 Å². The van der Waals surface area contributed by atoms with Gasteiger partial charge in [-0.2, -0.15) is 4.31 Å². The maximum Gasteiger partial charge on any atom is 0.243 e. The number of hydrogen-bond donors (Lipinski definition) is 0. The topological polar surface area (TPSA) is 76.2 Å². The predicted molar refractivity (Wildman–Crippen MR) is 139 cm³/mol. The van der Waals surface area contributed by atoms with Crippen molar-refractivity contribution in [3.05, 3.63) is 76.2 Å². The number of halogens is 1. The number of sulfonamides is 1. The monoisotopic (exact) mass is 544 g/mol. The highest BCUT2D eigenvalue weighted by Crippen LogP contribution is 2.35. The normalized spacial score (nSPS) is 17.5. The van der Waals surface area contributed by atoms with Crippen LogP contribution < -0.4 is 9.47 Å². The molecule has 2 heterocycles. The highest BCUT2D eigenvalue weighted by Gasteiger charge is 2.37. The molecule has 0 radical (unpaired) electrons. The first-order valence-electron chi connectivity index (χ1n) is 12.2. The van der Waals surface area contributed by atoms with Gasteiger partial charge in [0.05, 0.1) is 24.6 Å². The molecule has 0 N–H and O–H groups in total. The number of rotatable bonds is 10. The smallest absolute Gasteiger partial charge is 0.243 e. The van der Waals surface area contributed by atoms with E-state index in [1.807, 2.05) is 11.4 Å². The Balaban J connectivity index is 1.37. The van der Waals surface area contributed by atoms with E-state index in [4.69, 9.17) is 9.47 Å². The average molecular weight is 545 g/mol. The Bertz CT molecular complexity index is 1360. The number of thiophene rings is 1. The second-order valence-corrected chi connectivity index (χ2v) is 12.2. The molecule has 196 valence electrons. The zero-order valence-electron chi connectivity index (χ0n) is 20.5. The molecule has 5 rings (SSSR count). The van der Waals surface area contributed by atoms with Crippen molar-refractivity contribution in [1.29, 1.82) is 0 Å². The van der Waals surface area contributed by atoms with Gasteiger partial charge in [0.2, 0.25) is 15.9 Å². The minimum absolute atomic E-state index is 0.0737. The number of benzene rings is 2. The van der Waals surface area contributed by atoms with Crippen molar-refractivity contribution in [1.82, 2.24) is 9.21 Å². The summed E-state index contributed by atoms with van der Waals surface area (Å²) in [4.78, 5) is 16.6. The number of para-hydroxylation sites is 1. The number of fused-ring (bicyclic) bond motifs is 1. The summed E-state index contributed by atoms with van der Waals surface area (Å²) in [5.41, 5.74) is 0.965. The summed E-state index contributed by atoms with van der Waals surface area (Å²) in [6, 6.07) is 13.9. The Morgan fingerprint density at radius 2 is 1.89 bits per heavy atom. The lowest BCUT2D eigenvalue weighted by molar-refractivity contribution is -0.135. The van der Waals surface area contributed by atoms with Crippen LogP contribution >= 0.6 is 11.3 Å². The highest BCUT2D eigenvalue weighted by atomic mass is 32.2. The third-order valence-corrected chi connectivity index (χ3v) is 9.64. The molecule has 0 unspecified atom stereocenters. The second-order valence-electron chi connectivity index (χ2n) is 9.31. The maximum atomic E-state index is 14.2. The Morgan fingerprint density at radius 3 is 2.59 bits per heavy atom. The molecule has 3 aromatic rings. The summed E-state index contributed by atoms with van der Waals surface area (Å²) in [5, 5.41) is 1.97. The van der Waals surface area contributed by atoms with Gasteiger partial charge >= 0.3 is 0 Å². The lowest BCUT2D eigenvalue weighted by Gasteiger charge is -2.37. The third kappa shape index (κ3) is 5.66. The van der Waals surface area contributed by atoms with Crippen LogP contribution in [0.5, 0.6) is 11.5 Å². The van der Waals surface area contributed by atoms with Crippen molar-refractivity contribution in [2.24, 2.45) is 5.92 Å². The maximum absolute atomic E-state index is 14.2. The van der Waals surface area contributed by atoms with Crippen LogP contribution in [0, 0.1) is 11.7 Å². The number of hydrogen-bond acceptors (Lipinski definition) is 6. The lowest BCUT2D eigenvalue weighted by Crippen LogP contribution is -2.48. The van der Waals surface area contributed by atoms with E-state index in [-0.39, 0.29) is 35.6 Å². The molecule has 0 saturated heterocycles. The summed E-state index contributed by atoms with van der Waals surface area (Å²) in [7, 11) is -2.37. The first-order chi connectivity index (χ1) is 17.9. The van der Waals surface area contributed by atoms with E-state index in [1.54, 1.807) is 46.6 Å². The van der Waals surface area contributed by atoms with Crippen molar-refractivity contribution >= 4 is 27.3 Å². The lowest BCUT2D eigenvalue weighted by atomic mass is 10.0. The summed E-state index contributed by atoms with van der Waals surface area (Å²) in [6.45, 7) is 0.552. The Labute approximate surface area is 220 Å². The van der Waals surface area contributed by atoms with E-state index in [9.17, 15) is 17.6 Å². The molecule has 2 aliphatic rings. The first kappa shape index (κ1) is 25.7. The third-order valence-electron chi connectivity index (χ3n) is 6.82. The largest absolute Gasteiger partial charge is 0.497 e. The fourth-order valence-corrected chi connectivity index (χ4v) is 6.97. The standard InChI is InChI=1S/C27H29FN2O5S2/c1-34-20-8-10-21(11-9-20)37(32,33)29(16-19-6-7-19)17-27(31)30-14-12-26-22(13-15-36-26)24(30)18-35-25-5-3-2-4-23(25)28/h2-5,8-11,13,15,19,24H,6-7,12,14,16-18H2,1H3/t24-/m1/s1. The molecule has 1 fully saturated rings. The van der Waals surface area contributed by atoms with E-state index in [0.717, 1.165) is 23.3 Å². The summed E-state index contributed by atoms with van der Waals surface area (Å²) >= 11 is 1.62. The van der Waals surface area contributed by atoms with Crippen LogP contribution in [0.2, 0.25) is 0 Å². The second kappa shape index (κ2) is 10.8. The Kier molecular flexibility index (Phi) is 7.50. The van der Waals surface area contributed by atoms with Gasteiger partial charge in [-0.05, 0) is 78.6 Å². The molecule has 1 atom stereocenters. The van der Waals surface area contributed by atoms with E-state index in [2.05, 4.69) is 0 Å². The number of carbonyl (C=O) groups excluding carboxylic acids is 1. The Hall–Kier alpha value is -2.95. The van der Waals surface area contributed by atoms with Crippen molar-refractivity contribution in [2.75, 3.05) is 33.4 Å². The summed E-state index contributed by atoms with van der Waals surface area (Å²) in [5.74, 6) is 0.168. The van der Waals surface area contributed by atoms with Gasteiger partial charge in [0.15, 0.2) is 11.6 Å². The van der Waals surface area contributed by atoms with Crippen LogP contribution in [0.3, 0.4) is 0 Å². The number of methoxy groups -OCH3 is 1. The quantitative estimate of drug-likeness (QED) is 0.376. The number of carbonyl (C=O) groups is 1. The predicted octanol–water partition coefficient (Wildman–Crippen LogP) is 4.50. The number of amides is 1. The minimum Gasteiger partial charge on any atom is -0.497 e. The van der Waals surface area contributed by atoms with E-state index >= 15 is 0 Å². The molecule has 1 saturated carbocycles. The molecule has 1 amide bonds. The fourth-order valence-electron chi connectivity index (χ4n) is 4.58. The van der Waals surface area contributed by atoms with E-state index < -0.39 is 21.9 Å². The molecule has 0 bridgehead atoms. The zero-order valence-corrected chi connectivity index (χ0v) is 22.1. The van der Waals surface area contributed by atoms with Crippen LogP contribution in [0.4, 0.5) is 4.39 Å². The molecule has 37 heavy (non-hydrogen) atoms. The van der Waals surface area contributed by atoms with Crippen LogP contribution in [-0.4, -0.2) is 56.9 Å². The molecule has 2 aromatic carbocycles. The molecule has 7 nitrogen and oxygen atoms in total. The van der Waals surface area contributed by atoms with E-state index in [1.165, 1.54) is 29.6 Å². The van der Waals surface area contributed by atoms with Gasteiger partial charge in [0.1, 0.15) is 12.4 Å². The molecule has 0 spiro atoms. The summed E-state index contributed by atoms with van der Waals surface area (Å²) in [6.07, 6.45) is 2.58. The van der Waals surface area contributed by atoms with Gasteiger partial charge in [-0.25, -0.2) is 12.8 Å². The molecule has 1 aliphatic heterocycles. The van der Waals surface area contributed by atoms with Gasteiger partial charge in [0.25, 0.3) is 0 Å². The van der Waals surface area contributed by atoms with Crippen molar-refractivity contribution in [3.63, 3.8) is 0 Å². The van der Waals surface area contributed by atoms with Crippen molar-refractivity contribution < 1.29 is 27.1 Å². The van der Waals surface area contributed by atoms with Crippen molar-refractivity contribution in [2.45, 2.75) is 30.2 Å². The van der Waals surface area contributed by atoms with Gasteiger partial charge in [-0.3, -0.25) is 4.79 Å². The highest BCUT2D eigenvalue weighted by molar-refractivity contribution is 7.89. The number of ether oxygens (including phenoxy) is 2. The minimum atomic E-state index is -3.89. The SMILES string of the molecule is COc1ccc(S(=O)(=O)N(CC(=O)N2CCc3sccc3[C@H]2COc2ccccc2F)CC2CC2)cc1. The average Bonchev–Trinajstić information content (AvgIpc) is 3.60. The number of nitrogens with zero attached hydrogens (tertiary/aromatic N) is 2. The van der Waals surface area contributed by atoms with Crippen LogP contribution in [-0.2, 0) is 21.2 Å². The van der Waals surface area contributed by atoms with Gasteiger partial charge in [-0.1, -0.05) is 12.1 Å². The fraction of sp³-hybridized carbons (Fsp3) is 0.370. The molecular formula is C27H29FN2O5S2.